The summed E-state index contributed by atoms with van der Waals surface area (Å²) in [5.74, 6) is -2.95. The fourth-order valence-corrected chi connectivity index (χ4v) is 3.88. The number of sulfonamides is 1. The zero-order chi connectivity index (χ0) is 19.5. The molecule has 0 N–H and O–H groups in total. The maximum atomic E-state index is 14.2. The number of carbonyl (C=O) groups is 1. The Kier molecular flexibility index (Phi) is 6.44. The molecule has 0 radical (unpaired) electrons. The molecule has 2 aromatic carbocycles. The van der Waals surface area contributed by atoms with Crippen LogP contribution in [0, 0.1) is 11.6 Å². The zero-order valence-corrected chi connectivity index (χ0v) is 15.7. The van der Waals surface area contributed by atoms with Crippen molar-refractivity contribution in [3.8, 4) is 0 Å². The Bertz CT molecular complexity index is 938. The SMILES string of the molecule is CCOC(=O)CN(c1ccc(F)cc1F)S(=O)(=O)c1ccc(Cl)c(Cl)c1. The van der Waals surface area contributed by atoms with Crippen LogP contribution in [0.15, 0.2) is 41.3 Å². The summed E-state index contributed by atoms with van der Waals surface area (Å²) < 4.78 is 58.4. The third kappa shape index (κ3) is 4.44. The maximum absolute atomic E-state index is 14.2. The fraction of sp³-hybridized carbons (Fsp3) is 0.188. The van der Waals surface area contributed by atoms with Crippen LogP contribution in [0.2, 0.25) is 10.0 Å². The molecule has 140 valence electrons. The number of halogens is 4. The Hall–Kier alpha value is -1.90. The molecule has 0 aliphatic carbocycles. The Morgan fingerprint density at radius 1 is 1.12 bits per heavy atom. The number of anilines is 1. The molecular formula is C16H13Cl2F2NO4S. The molecular weight excluding hydrogens is 411 g/mol. The quantitative estimate of drug-likeness (QED) is 0.657. The summed E-state index contributed by atoms with van der Waals surface area (Å²) in [5.41, 5.74) is -0.509. The van der Waals surface area contributed by atoms with Crippen molar-refractivity contribution < 1.29 is 26.7 Å². The number of ether oxygens (including phenoxy) is 1. The van der Waals surface area contributed by atoms with Crippen molar-refractivity contribution >= 4 is 44.9 Å². The molecule has 26 heavy (non-hydrogen) atoms. The predicted molar refractivity (Wildman–Crippen MR) is 94.0 cm³/mol. The van der Waals surface area contributed by atoms with E-state index in [1.165, 1.54) is 13.0 Å². The largest absolute Gasteiger partial charge is 0.465 e. The van der Waals surface area contributed by atoms with Crippen LogP contribution in [-0.2, 0) is 19.6 Å². The molecule has 10 heteroatoms. The standard InChI is InChI=1S/C16H13Cl2F2NO4S/c1-2-25-16(22)9-21(15-6-3-10(19)7-14(15)20)26(23,24)11-4-5-12(17)13(18)8-11/h3-8H,2,9H2,1H3. The number of hydrogen-bond acceptors (Lipinski definition) is 4. The van der Waals surface area contributed by atoms with E-state index in [-0.39, 0.29) is 21.5 Å². The summed E-state index contributed by atoms with van der Waals surface area (Å²) in [7, 11) is -4.42. The molecule has 0 spiro atoms. The van der Waals surface area contributed by atoms with Crippen LogP contribution in [0.25, 0.3) is 0 Å². The van der Waals surface area contributed by atoms with Gasteiger partial charge in [-0.25, -0.2) is 17.2 Å². The number of hydrogen-bond donors (Lipinski definition) is 0. The van der Waals surface area contributed by atoms with Crippen LogP contribution in [0.3, 0.4) is 0 Å². The second-order valence-electron chi connectivity index (χ2n) is 4.99. The summed E-state index contributed by atoms with van der Waals surface area (Å²) in [6.07, 6.45) is 0. The van der Waals surface area contributed by atoms with Gasteiger partial charge in [-0.3, -0.25) is 9.10 Å². The van der Waals surface area contributed by atoms with Gasteiger partial charge in [-0.2, -0.15) is 0 Å². The van der Waals surface area contributed by atoms with Gasteiger partial charge in [0.2, 0.25) is 0 Å². The lowest BCUT2D eigenvalue weighted by Crippen LogP contribution is -2.37. The minimum Gasteiger partial charge on any atom is -0.465 e. The van der Waals surface area contributed by atoms with E-state index in [1.807, 2.05) is 0 Å². The van der Waals surface area contributed by atoms with Crippen molar-refractivity contribution in [3.05, 3.63) is 58.1 Å². The molecule has 0 aromatic heterocycles. The summed E-state index contributed by atoms with van der Waals surface area (Å²) in [4.78, 5) is 11.5. The van der Waals surface area contributed by atoms with E-state index >= 15 is 0 Å². The van der Waals surface area contributed by atoms with E-state index in [0.717, 1.165) is 24.3 Å². The lowest BCUT2D eigenvalue weighted by molar-refractivity contribution is -0.141. The molecule has 0 bridgehead atoms. The van der Waals surface area contributed by atoms with Crippen LogP contribution in [0.4, 0.5) is 14.5 Å². The first-order chi connectivity index (χ1) is 12.2. The van der Waals surface area contributed by atoms with Crippen molar-refractivity contribution in [3.63, 3.8) is 0 Å². The van der Waals surface area contributed by atoms with Crippen LogP contribution in [-0.4, -0.2) is 27.5 Å². The third-order valence-corrected chi connectivity index (χ3v) is 5.73. The Labute approximate surface area is 159 Å². The van der Waals surface area contributed by atoms with Crippen molar-refractivity contribution in [1.82, 2.24) is 0 Å². The number of rotatable bonds is 6. The van der Waals surface area contributed by atoms with Crippen molar-refractivity contribution in [1.29, 1.82) is 0 Å². The van der Waals surface area contributed by atoms with E-state index in [1.54, 1.807) is 0 Å². The van der Waals surface area contributed by atoms with Gasteiger partial charge in [0.15, 0.2) is 0 Å². The first-order valence-electron chi connectivity index (χ1n) is 7.25. The highest BCUT2D eigenvalue weighted by Gasteiger charge is 2.30. The Morgan fingerprint density at radius 3 is 2.38 bits per heavy atom. The third-order valence-electron chi connectivity index (χ3n) is 3.24. The van der Waals surface area contributed by atoms with Gasteiger partial charge in [0, 0.05) is 6.07 Å². The number of esters is 1. The highest BCUT2D eigenvalue weighted by Crippen LogP contribution is 2.30. The molecule has 0 saturated heterocycles. The van der Waals surface area contributed by atoms with Gasteiger partial charge >= 0.3 is 5.97 Å². The van der Waals surface area contributed by atoms with E-state index in [9.17, 15) is 22.0 Å². The second-order valence-corrected chi connectivity index (χ2v) is 7.67. The van der Waals surface area contributed by atoms with E-state index in [0.29, 0.717) is 10.4 Å². The second kappa shape index (κ2) is 8.20. The maximum Gasteiger partial charge on any atom is 0.326 e. The lowest BCUT2D eigenvalue weighted by atomic mass is 10.3. The molecule has 0 aliphatic heterocycles. The summed E-state index contributed by atoms with van der Waals surface area (Å²) in [5, 5.41) is 0.0823. The molecule has 2 rings (SSSR count). The molecule has 2 aromatic rings. The normalized spacial score (nSPS) is 11.3. The van der Waals surface area contributed by atoms with E-state index in [4.69, 9.17) is 27.9 Å². The average Bonchev–Trinajstić information content (AvgIpc) is 2.56. The molecule has 0 atom stereocenters. The molecule has 0 unspecified atom stereocenters. The number of carbonyl (C=O) groups excluding carboxylic acids is 1. The zero-order valence-electron chi connectivity index (χ0n) is 13.4. The summed E-state index contributed by atoms with van der Waals surface area (Å²) >= 11 is 11.6. The minimum atomic E-state index is -4.42. The Balaban J connectivity index is 2.57. The first-order valence-corrected chi connectivity index (χ1v) is 9.45. The highest BCUT2D eigenvalue weighted by atomic mass is 35.5. The molecule has 0 amide bonds. The number of nitrogens with zero attached hydrogens (tertiary/aromatic N) is 1. The number of benzene rings is 2. The fourth-order valence-electron chi connectivity index (χ4n) is 2.07. The van der Waals surface area contributed by atoms with Gasteiger partial charge in [-0.05, 0) is 37.3 Å². The average molecular weight is 424 g/mol. The van der Waals surface area contributed by atoms with Crippen LogP contribution >= 0.6 is 23.2 Å². The van der Waals surface area contributed by atoms with Gasteiger partial charge in [-0.15, -0.1) is 0 Å². The molecule has 5 nitrogen and oxygen atoms in total. The van der Waals surface area contributed by atoms with Crippen LogP contribution in [0.5, 0.6) is 0 Å². The van der Waals surface area contributed by atoms with Crippen molar-refractivity contribution in [2.75, 3.05) is 17.5 Å². The van der Waals surface area contributed by atoms with E-state index in [2.05, 4.69) is 0 Å². The summed E-state index contributed by atoms with van der Waals surface area (Å²) in [6.45, 7) is 0.735. The van der Waals surface area contributed by atoms with Crippen LogP contribution < -0.4 is 4.31 Å². The lowest BCUT2D eigenvalue weighted by Gasteiger charge is -2.24. The van der Waals surface area contributed by atoms with Crippen LogP contribution in [0.1, 0.15) is 6.92 Å². The summed E-state index contributed by atoms with van der Waals surface area (Å²) in [6, 6.07) is 5.78. The predicted octanol–water partition coefficient (Wildman–Crippen LogP) is 4.03. The molecule has 0 saturated carbocycles. The topological polar surface area (TPSA) is 63.7 Å². The van der Waals surface area contributed by atoms with Gasteiger partial charge in [0.1, 0.15) is 18.2 Å². The smallest absolute Gasteiger partial charge is 0.326 e. The van der Waals surface area contributed by atoms with Gasteiger partial charge in [0.05, 0.1) is 27.2 Å². The van der Waals surface area contributed by atoms with Gasteiger partial charge in [0.25, 0.3) is 10.0 Å². The highest BCUT2D eigenvalue weighted by molar-refractivity contribution is 7.92. The van der Waals surface area contributed by atoms with Gasteiger partial charge in [-0.1, -0.05) is 23.2 Å². The minimum absolute atomic E-state index is 0.00535. The first kappa shape index (κ1) is 20.4. The van der Waals surface area contributed by atoms with Crippen molar-refractivity contribution in [2.45, 2.75) is 11.8 Å². The van der Waals surface area contributed by atoms with Crippen molar-refractivity contribution in [2.24, 2.45) is 0 Å². The molecule has 0 aliphatic rings. The molecule has 0 fully saturated rings. The van der Waals surface area contributed by atoms with E-state index < -0.39 is 39.9 Å². The Morgan fingerprint density at radius 2 is 1.81 bits per heavy atom. The van der Waals surface area contributed by atoms with Gasteiger partial charge < -0.3 is 4.74 Å². The molecule has 0 heterocycles. The monoisotopic (exact) mass is 423 g/mol.